The van der Waals surface area contributed by atoms with E-state index in [1.54, 1.807) is 7.05 Å². The Bertz CT molecular complexity index is 827. The molecule has 2 heterocycles. The van der Waals surface area contributed by atoms with Crippen LogP contribution >= 0.6 is 11.3 Å². The molecular formula is C13H14N2O4S. The van der Waals surface area contributed by atoms with Crippen molar-refractivity contribution < 1.29 is 9.53 Å². The van der Waals surface area contributed by atoms with Gasteiger partial charge in [0.2, 0.25) is 0 Å². The summed E-state index contributed by atoms with van der Waals surface area (Å²) in [5, 5.41) is 0.591. The van der Waals surface area contributed by atoms with E-state index >= 15 is 0 Å². The van der Waals surface area contributed by atoms with Crippen LogP contribution < -0.4 is 11.2 Å². The molecule has 0 aromatic carbocycles. The number of hydrogen-bond acceptors (Lipinski definition) is 5. The molecule has 20 heavy (non-hydrogen) atoms. The summed E-state index contributed by atoms with van der Waals surface area (Å²) in [5.74, 6) is -0.601. The first-order valence-corrected chi connectivity index (χ1v) is 7.17. The van der Waals surface area contributed by atoms with Crippen molar-refractivity contribution in [2.45, 2.75) is 25.8 Å². The molecule has 0 fully saturated rings. The number of hydrogen-bond donors (Lipinski definition) is 0. The molecule has 0 saturated carbocycles. The van der Waals surface area contributed by atoms with E-state index in [0.29, 0.717) is 10.2 Å². The van der Waals surface area contributed by atoms with Gasteiger partial charge in [0.25, 0.3) is 5.56 Å². The molecule has 6 nitrogen and oxygen atoms in total. The molecule has 0 bridgehead atoms. The van der Waals surface area contributed by atoms with E-state index in [-0.39, 0.29) is 12.1 Å². The number of carbonyl (C=O) groups is 1. The van der Waals surface area contributed by atoms with E-state index in [4.69, 9.17) is 0 Å². The summed E-state index contributed by atoms with van der Waals surface area (Å²) in [5.41, 5.74) is 0.185. The molecule has 1 aliphatic carbocycles. The zero-order valence-electron chi connectivity index (χ0n) is 11.3. The number of fused-ring (bicyclic) bond motifs is 3. The number of thiophene rings is 1. The lowest BCUT2D eigenvalue weighted by Crippen LogP contribution is -2.40. The van der Waals surface area contributed by atoms with Crippen LogP contribution in [0.3, 0.4) is 0 Å². The Labute approximate surface area is 118 Å². The number of aromatic nitrogens is 2. The highest BCUT2D eigenvalue weighted by molar-refractivity contribution is 7.18. The van der Waals surface area contributed by atoms with Gasteiger partial charge in [-0.05, 0) is 24.8 Å². The van der Waals surface area contributed by atoms with Crippen molar-refractivity contribution in [2.24, 2.45) is 7.05 Å². The van der Waals surface area contributed by atoms with E-state index in [2.05, 4.69) is 4.74 Å². The third kappa shape index (κ3) is 1.73. The van der Waals surface area contributed by atoms with Gasteiger partial charge in [-0.1, -0.05) is 0 Å². The summed E-state index contributed by atoms with van der Waals surface area (Å²) < 4.78 is 6.95. The van der Waals surface area contributed by atoms with Gasteiger partial charge in [0.05, 0.1) is 12.5 Å². The molecule has 3 rings (SSSR count). The Kier molecular flexibility index (Phi) is 3.01. The standard InChI is InChI=1S/C13H14N2O4S/c1-14-12-10(7-4-3-5-8(7)20-12)11(17)15(13(14)18)6-9(16)19-2/h3-6H2,1-2H3. The number of rotatable bonds is 2. The Morgan fingerprint density at radius 2 is 2.10 bits per heavy atom. The van der Waals surface area contributed by atoms with Crippen LogP contribution in [0.1, 0.15) is 16.9 Å². The van der Waals surface area contributed by atoms with Crippen LogP contribution in [0.4, 0.5) is 0 Å². The second-order valence-electron chi connectivity index (χ2n) is 4.85. The number of methoxy groups -OCH3 is 1. The van der Waals surface area contributed by atoms with Crippen LogP contribution in [-0.2, 0) is 36.0 Å². The Morgan fingerprint density at radius 3 is 2.80 bits per heavy atom. The Hall–Kier alpha value is -1.89. The fourth-order valence-electron chi connectivity index (χ4n) is 2.67. The zero-order valence-corrected chi connectivity index (χ0v) is 12.1. The van der Waals surface area contributed by atoms with Gasteiger partial charge in [0, 0.05) is 11.9 Å². The summed E-state index contributed by atoms with van der Waals surface area (Å²) >= 11 is 1.51. The van der Waals surface area contributed by atoms with Crippen molar-refractivity contribution >= 4 is 27.5 Å². The van der Waals surface area contributed by atoms with Gasteiger partial charge in [0.15, 0.2) is 0 Å². The molecule has 0 radical (unpaired) electrons. The number of nitrogens with zero attached hydrogens (tertiary/aromatic N) is 2. The van der Waals surface area contributed by atoms with Crippen LogP contribution in [0.2, 0.25) is 0 Å². The van der Waals surface area contributed by atoms with E-state index < -0.39 is 11.7 Å². The lowest BCUT2D eigenvalue weighted by molar-refractivity contribution is -0.141. The first-order chi connectivity index (χ1) is 9.54. The summed E-state index contributed by atoms with van der Waals surface area (Å²) in [6, 6.07) is 0. The van der Waals surface area contributed by atoms with Crippen molar-refractivity contribution in [3.63, 3.8) is 0 Å². The minimum Gasteiger partial charge on any atom is -0.468 e. The number of carbonyl (C=O) groups excluding carboxylic acids is 1. The average Bonchev–Trinajstić information content (AvgIpc) is 3.01. The van der Waals surface area contributed by atoms with Crippen LogP contribution in [-0.4, -0.2) is 22.2 Å². The van der Waals surface area contributed by atoms with Crippen molar-refractivity contribution in [1.29, 1.82) is 0 Å². The molecule has 7 heteroatoms. The maximum absolute atomic E-state index is 12.5. The van der Waals surface area contributed by atoms with Crippen molar-refractivity contribution in [3.8, 4) is 0 Å². The summed E-state index contributed by atoms with van der Waals surface area (Å²) in [6.07, 6.45) is 2.86. The molecule has 0 atom stereocenters. The van der Waals surface area contributed by atoms with Crippen LogP contribution in [0.25, 0.3) is 10.2 Å². The maximum Gasteiger partial charge on any atom is 0.332 e. The highest BCUT2D eigenvalue weighted by Gasteiger charge is 2.24. The fraction of sp³-hybridized carbons (Fsp3) is 0.462. The third-order valence-electron chi connectivity index (χ3n) is 3.70. The summed E-state index contributed by atoms with van der Waals surface area (Å²) in [6.45, 7) is -0.345. The molecule has 2 aromatic rings. The second-order valence-corrected chi connectivity index (χ2v) is 5.93. The van der Waals surface area contributed by atoms with E-state index in [1.165, 1.54) is 27.9 Å². The zero-order chi connectivity index (χ0) is 14.4. The van der Waals surface area contributed by atoms with Gasteiger partial charge in [-0.25, -0.2) is 9.36 Å². The lowest BCUT2D eigenvalue weighted by atomic mass is 10.2. The normalized spacial score (nSPS) is 13.7. The molecule has 106 valence electrons. The van der Waals surface area contributed by atoms with Gasteiger partial charge in [0.1, 0.15) is 11.4 Å². The van der Waals surface area contributed by atoms with Gasteiger partial charge in [-0.3, -0.25) is 14.2 Å². The highest BCUT2D eigenvalue weighted by Crippen LogP contribution is 2.34. The maximum atomic E-state index is 12.5. The summed E-state index contributed by atoms with van der Waals surface area (Å²) in [7, 11) is 2.86. The van der Waals surface area contributed by atoms with Gasteiger partial charge < -0.3 is 4.74 Å². The van der Waals surface area contributed by atoms with Crippen molar-refractivity contribution in [2.75, 3.05) is 7.11 Å². The monoisotopic (exact) mass is 294 g/mol. The second kappa shape index (κ2) is 4.59. The third-order valence-corrected chi connectivity index (χ3v) is 5.07. The molecule has 0 unspecified atom stereocenters. The van der Waals surface area contributed by atoms with Gasteiger partial charge in [-0.2, -0.15) is 0 Å². The van der Waals surface area contributed by atoms with E-state index in [0.717, 1.165) is 29.4 Å². The quantitative estimate of drug-likeness (QED) is 0.753. The first-order valence-electron chi connectivity index (χ1n) is 6.35. The van der Waals surface area contributed by atoms with Crippen LogP contribution in [0.5, 0.6) is 0 Å². The molecule has 0 aliphatic heterocycles. The predicted octanol–water partition coefficient (Wildman–Crippen LogP) is 0.423. The molecule has 0 spiro atoms. The van der Waals surface area contributed by atoms with Gasteiger partial charge >= 0.3 is 11.7 Å². The van der Waals surface area contributed by atoms with Crippen LogP contribution in [0, 0.1) is 0 Å². The Morgan fingerprint density at radius 1 is 1.35 bits per heavy atom. The summed E-state index contributed by atoms with van der Waals surface area (Å²) in [4.78, 5) is 38.0. The average molecular weight is 294 g/mol. The van der Waals surface area contributed by atoms with Gasteiger partial charge in [-0.15, -0.1) is 11.3 Å². The molecule has 0 amide bonds. The number of esters is 1. The molecule has 0 saturated heterocycles. The number of ether oxygens (including phenoxy) is 1. The van der Waals surface area contributed by atoms with Crippen molar-refractivity contribution in [1.82, 2.24) is 9.13 Å². The molecule has 1 aliphatic rings. The first kappa shape index (κ1) is 13.1. The SMILES string of the molecule is COC(=O)Cn1c(=O)c2c3c(sc2n(C)c1=O)CCC3. The number of aryl methyl sites for hydroxylation is 3. The lowest BCUT2D eigenvalue weighted by Gasteiger charge is -2.07. The Balaban J connectivity index is 2.34. The topological polar surface area (TPSA) is 70.3 Å². The largest absolute Gasteiger partial charge is 0.468 e. The smallest absolute Gasteiger partial charge is 0.332 e. The van der Waals surface area contributed by atoms with Crippen molar-refractivity contribution in [3.05, 3.63) is 31.3 Å². The molecule has 0 N–H and O–H groups in total. The molecule has 2 aromatic heterocycles. The van der Waals surface area contributed by atoms with Crippen LogP contribution in [0.15, 0.2) is 9.59 Å². The highest BCUT2D eigenvalue weighted by atomic mass is 32.1. The predicted molar refractivity (Wildman–Crippen MR) is 75.4 cm³/mol. The van der Waals surface area contributed by atoms with E-state index in [1.807, 2.05) is 0 Å². The fourth-order valence-corrected chi connectivity index (χ4v) is 4.00. The van der Waals surface area contributed by atoms with E-state index in [9.17, 15) is 14.4 Å². The molecular weight excluding hydrogens is 280 g/mol. The minimum absolute atomic E-state index is 0.345. The minimum atomic E-state index is -0.601.